The third-order valence-electron chi connectivity index (χ3n) is 19.1. The van der Waals surface area contributed by atoms with Crippen LogP contribution in [-0.2, 0) is 65.4 Å². The molecule has 0 aliphatic carbocycles. The highest BCUT2D eigenvalue weighted by Gasteiger charge is 2.30. The maximum atomic E-state index is 13.1. The Morgan fingerprint density at radius 1 is 0.267 bits per heavy atom. The second-order valence-electron chi connectivity index (χ2n) is 30.9. The fourth-order valence-corrected chi connectivity index (χ4v) is 14.2. The third kappa shape index (κ3) is 76.1. The average Bonchev–Trinajstić information content (AvgIpc) is 0.940. The van der Waals surface area contributed by atoms with Gasteiger partial charge in [-0.1, -0.05) is 376 Å². The van der Waals surface area contributed by atoms with E-state index in [4.69, 9.17) is 37.0 Å². The van der Waals surface area contributed by atoms with Crippen LogP contribution in [-0.4, -0.2) is 96.7 Å². The first kappa shape index (κ1) is 99.1. The summed E-state index contributed by atoms with van der Waals surface area (Å²) in [7, 11) is -9.92. The van der Waals surface area contributed by atoms with Gasteiger partial charge in [0, 0.05) is 25.7 Å². The number of hydrogen-bond donors (Lipinski definition) is 3. The van der Waals surface area contributed by atoms with E-state index in [0.29, 0.717) is 25.7 Å². The molecule has 0 aromatic rings. The largest absolute Gasteiger partial charge is 0.472 e. The van der Waals surface area contributed by atoms with Gasteiger partial charge in [0.1, 0.15) is 19.3 Å². The molecular weight excluding hydrogens is 1320 g/mol. The average molecular weight is 1480 g/mol. The first-order chi connectivity index (χ1) is 48.7. The highest BCUT2D eigenvalue weighted by atomic mass is 31.2. The molecule has 0 saturated carbocycles. The minimum absolute atomic E-state index is 0.106. The molecule has 0 amide bonds. The van der Waals surface area contributed by atoms with E-state index >= 15 is 0 Å². The minimum atomic E-state index is -4.96. The topological polar surface area (TPSA) is 237 Å². The van der Waals surface area contributed by atoms with Crippen molar-refractivity contribution in [2.75, 3.05) is 39.6 Å². The van der Waals surface area contributed by atoms with Crippen molar-refractivity contribution in [3.8, 4) is 0 Å². The van der Waals surface area contributed by atoms with E-state index in [0.717, 1.165) is 114 Å². The van der Waals surface area contributed by atoms with Gasteiger partial charge in [0.25, 0.3) is 0 Å². The van der Waals surface area contributed by atoms with Crippen molar-refractivity contribution >= 4 is 39.5 Å². The highest BCUT2D eigenvalue weighted by Crippen LogP contribution is 2.45. The lowest BCUT2D eigenvalue weighted by Gasteiger charge is -2.21. The Morgan fingerprint density at radius 3 is 0.673 bits per heavy atom. The molecule has 0 aliphatic heterocycles. The summed E-state index contributed by atoms with van der Waals surface area (Å²) in [5.41, 5.74) is 0. The Bertz CT molecular complexity index is 1960. The summed E-state index contributed by atoms with van der Waals surface area (Å²) in [5, 5.41) is 10.6. The number of aliphatic hydroxyl groups excluding tert-OH is 1. The number of esters is 4. The second kappa shape index (κ2) is 72.3. The van der Waals surface area contributed by atoms with Crippen LogP contribution in [0, 0.1) is 17.8 Å². The SMILES string of the molecule is CCCCCCCCCCC(=O)OC[C@H](COP(=O)(O)OC[C@H](O)COP(=O)(O)OC[C@@H](COC(=O)CCCCCCCCCCCCCCCCCC(C)C)OC(=O)CCCCCCCCCCCCCCCCCCCCC(C)C)OC(=O)CCCCCCCCCCCCCC(C)C. The number of rotatable bonds is 80. The first-order valence-electron chi connectivity index (χ1n) is 42.3. The molecule has 0 radical (unpaired) electrons. The number of aliphatic hydroxyl groups is 1. The molecule has 0 spiro atoms. The molecule has 101 heavy (non-hydrogen) atoms. The Balaban J connectivity index is 5.19. The minimum Gasteiger partial charge on any atom is -0.462 e. The molecule has 0 saturated heterocycles. The smallest absolute Gasteiger partial charge is 0.462 e. The molecule has 0 heterocycles. The molecule has 19 heteroatoms. The summed E-state index contributed by atoms with van der Waals surface area (Å²) in [6.07, 6.45) is 61.2. The van der Waals surface area contributed by atoms with Gasteiger partial charge in [0.2, 0.25) is 0 Å². The van der Waals surface area contributed by atoms with E-state index in [-0.39, 0.29) is 25.7 Å². The van der Waals surface area contributed by atoms with Crippen molar-refractivity contribution in [3.05, 3.63) is 0 Å². The van der Waals surface area contributed by atoms with Crippen LogP contribution in [0.25, 0.3) is 0 Å². The summed E-state index contributed by atoms with van der Waals surface area (Å²) >= 11 is 0. The quantitative estimate of drug-likeness (QED) is 0.0222. The van der Waals surface area contributed by atoms with E-state index in [1.807, 2.05) is 0 Å². The van der Waals surface area contributed by atoms with Crippen LogP contribution >= 0.6 is 15.6 Å². The fourth-order valence-electron chi connectivity index (χ4n) is 12.7. The number of unbranched alkanes of at least 4 members (excludes halogenated alkanes) is 48. The molecule has 0 aromatic heterocycles. The van der Waals surface area contributed by atoms with E-state index in [1.54, 1.807) is 0 Å². The van der Waals surface area contributed by atoms with E-state index < -0.39 is 97.5 Å². The van der Waals surface area contributed by atoms with Crippen molar-refractivity contribution < 1.29 is 80.2 Å². The Labute approximate surface area is 619 Å². The zero-order chi connectivity index (χ0) is 74.4. The first-order valence-corrected chi connectivity index (χ1v) is 45.3. The van der Waals surface area contributed by atoms with Gasteiger partial charge < -0.3 is 33.8 Å². The lowest BCUT2D eigenvalue weighted by atomic mass is 10.0. The molecule has 0 rings (SSSR count). The number of phosphoric ester groups is 2. The van der Waals surface area contributed by atoms with E-state index in [2.05, 4.69) is 48.5 Å². The van der Waals surface area contributed by atoms with Gasteiger partial charge in [-0.05, 0) is 43.4 Å². The maximum absolute atomic E-state index is 13.1. The Kier molecular flexibility index (Phi) is 70.9. The zero-order valence-corrected chi connectivity index (χ0v) is 68.2. The Hall–Kier alpha value is -1.94. The van der Waals surface area contributed by atoms with Gasteiger partial charge in [0.05, 0.1) is 26.4 Å². The van der Waals surface area contributed by atoms with Crippen LogP contribution in [0.2, 0.25) is 0 Å². The van der Waals surface area contributed by atoms with Crippen LogP contribution in [0.3, 0.4) is 0 Å². The van der Waals surface area contributed by atoms with E-state index in [1.165, 1.54) is 231 Å². The fraction of sp³-hybridized carbons (Fsp3) is 0.951. The Morgan fingerprint density at radius 2 is 0.455 bits per heavy atom. The number of carbonyl (C=O) groups excluding carboxylic acids is 4. The molecule has 0 aliphatic rings. The number of hydrogen-bond acceptors (Lipinski definition) is 15. The van der Waals surface area contributed by atoms with Crippen molar-refractivity contribution in [1.29, 1.82) is 0 Å². The number of ether oxygens (including phenoxy) is 4. The molecule has 0 bridgehead atoms. The third-order valence-corrected chi connectivity index (χ3v) is 21.0. The van der Waals surface area contributed by atoms with Gasteiger partial charge in [-0.15, -0.1) is 0 Å². The molecule has 5 atom stereocenters. The van der Waals surface area contributed by atoms with Crippen LogP contribution in [0.1, 0.15) is 427 Å². The predicted octanol–water partition coefficient (Wildman–Crippen LogP) is 24.5. The molecule has 0 fully saturated rings. The second-order valence-corrected chi connectivity index (χ2v) is 33.8. The van der Waals surface area contributed by atoms with Crippen molar-refractivity contribution in [3.63, 3.8) is 0 Å². The van der Waals surface area contributed by atoms with Crippen molar-refractivity contribution in [1.82, 2.24) is 0 Å². The molecule has 600 valence electrons. The lowest BCUT2D eigenvalue weighted by Crippen LogP contribution is -2.30. The van der Waals surface area contributed by atoms with E-state index in [9.17, 15) is 43.2 Å². The predicted molar refractivity (Wildman–Crippen MR) is 414 cm³/mol. The molecular formula is C82H160O17P2. The van der Waals surface area contributed by atoms with Crippen molar-refractivity contribution in [2.24, 2.45) is 17.8 Å². The van der Waals surface area contributed by atoms with Gasteiger partial charge >= 0.3 is 39.5 Å². The van der Waals surface area contributed by atoms with Crippen molar-refractivity contribution in [2.45, 2.75) is 446 Å². The molecule has 2 unspecified atom stereocenters. The summed E-state index contributed by atoms with van der Waals surface area (Å²) in [6, 6.07) is 0. The summed E-state index contributed by atoms with van der Waals surface area (Å²) < 4.78 is 68.7. The number of phosphoric acid groups is 2. The zero-order valence-electron chi connectivity index (χ0n) is 66.4. The summed E-state index contributed by atoms with van der Waals surface area (Å²) in [4.78, 5) is 73.0. The molecule has 17 nitrogen and oxygen atoms in total. The molecule has 0 aromatic carbocycles. The van der Waals surface area contributed by atoms with Gasteiger partial charge in [-0.3, -0.25) is 37.3 Å². The van der Waals surface area contributed by atoms with Gasteiger partial charge in [-0.25, -0.2) is 9.13 Å². The van der Waals surface area contributed by atoms with Crippen LogP contribution in [0.4, 0.5) is 0 Å². The normalized spacial score (nSPS) is 14.0. The van der Waals surface area contributed by atoms with Gasteiger partial charge in [0.15, 0.2) is 12.2 Å². The molecule has 3 N–H and O–H groups in total. The maximum Gasteiger partial charge on any atom is 0.472 e. The van der Waals surface area contributed by atoms with Crippen LogP contribution in [0.15, 0.2) is 0 Å². The standard InChI is InChI=1S/C82H160O17P2/c1-8-9-10-11-12-42-49-56-63-79(84)92-69-77(98-82(87)66-59-52-45-38-32-26-29-35-41-48-55-62-75(6)7)71-96-100(88,89)94-67-76(83)68-95-101(90,91)97-72-78(70-93-80(85)64-57-50-43-36-30-24-21-17-19-23-28-34-40-47-54-61-74(4)5)99-81(86)65-58-51-44-37-31-25-20-16-14-13-15-18-22-27-33-39-46-53-60-73(2)3/h73-78,83H,8-72H2,1-7H3,(H,88,89)(H,90,91)/t76-,77+,78+/m0/s1. The highest BCUT2D eigenvalue weighted by molar-refractivity contribution is 7.47. The van der Waals surface area contributed by atoms with Crippen LogP contribution in [0.5, 0.6) is 0 Å². The number of carbonyl (C=O) groups is 4. The lowest BCUT2D eigenvalue weighted by molar-refractivity contribution is -0.161. The summed E-state index contributed by atoms with van der Waals surface area (Å²) in [5.74, 6) is 0.280. The van der Waals surface area contributed by atoms with Crippen LogP contribution < -0.4 is 0 Å². The monoisotopic (exact) mass is 1480 g/mol. The summed E-state index contributed by atoms with van der Waals surface area (Å²) in [6.45, 7) is 12.0. The van der Waals surface area contributed by atoms with Gasteiger partial charge in [-0.2, -0.15) is 0 Å².